The molecule has 0 fully saturated rings. The summed E-state index contributed by atoms with van der Waals surface area (Å²) in [4.78, 5) is 2.12. The van der Waals surface area contributed by atoms with Crippen molar-refractivity contribution in [1.82, 2.24) is 4.90 Å². The van der Waals surface area contributed by atoms with Crippen molar-refractivity contribution in [1.29, 1.82) is 0 Å². The van der Waals surface area contributed by atoms with Crippen LogP contribution in [0.5, 0.6) is 5.75 Å². The van der Waals surface area contributed by atoms with Gasteiger partial charge in [-0.05, 0) is 38.2 Å². The van der Waals surface area contributed by atoms with Crippen LogP contribution >= 0.6 is 0 Å². The average molecular weight is 237 g/mol. The second-order valence-electron chi connectivity index (χ2n) is 4.65. The van der Waals surface area contributed by atoms with E-state index in [1.807, 2.05) is 26.2 Å². The van der Waals surface area contributed by atoms with Crippen molar-refractivity contribution in [3.63, 3.8) is 0 Å². The predicted octanol–water partition coefficient (Wildman–Crippen LogP) is 2.46. The van der Waals surface area contributed by atoms with Crippen LogP contribution in [-0.4, -0.2) is 43.9 Å². The van der Waals surface area contributed by atoms with Crippen LogP contribution in [0.15, 0.2) is 24.3 Å². The Kier molecular flexibility index (Phi) is 5.45. The number of ether oxygens (including phenoxy) is 1. The molecule has 0 aromatic heterocycles. The number of hydrogen-bond donors (Lipinski definition) is 1. The fourth-order valence-electron chi connectivity index (χ4n) is 2.19. The predicted molar refractivity (Wildman–Crippen MR) is 70.5 cm³/mol. The Labute approximate surface area is 104 Å². The summed E-state index contributed by atoms with van der Waals surface area (Å²) in [5.41, 5.74) is 1.14. The highest BCUT2D eigenvalue weighted by Gasteiger charge is 2.22. The van der Waals surface area contributed by atoms with Gasteiger partial charge >= 0.3 is 0 Å². The van der Waals surface area contributed by atoms with Crippen LogP contribution in [0.2, 0.25) is 0 Å². The van der Waals surface area contributed by atoms with Crippen LogP contribution in [-0.2, 0) is 4.74 Å². The molecule has 0 saturated heterocycles. The lowest BCUT2D eigenvalue weighted by molar-refractivity contribution is 0.0555. The summed E-state index contributed by atoms with van der Waals surface area (Å²) < 4.78 is 5.59. The summed E-state index contributed by atoms with van der Waals surface area (Å²) >= 11 is 0. The second-order valence-corrected chi connectivity index (χ2v) is 4.65. The quantitative estimate of drug-likeness (QED) is 0.825. The molecule has 0 aliphatic heterocycles. The molecule has 0 spiro atoms. The number of nitrogens with zero attached hydrogens (tertiary/aromatic N) is 1. The minimum Gasteiger partial charge on any atom is -0.508 e. The monoisotopic (exact) mass is 237 g/mol. The van der Waals surface area contributed by atoms with Crippen molar-refractivity contribution in [2.45, 2.75) is 25.4 Å². The van der Waals surface area contributed by atoms with Gasteiger partial charge in [0, 0.05) is 19.6 Å². The number of hydrogen-bond acceptors (Lipinski definition) is 3. The van der Waals surface area contributed by atoms with Crippen molar-refractivity contribution in [2.75, 3.05) is 27.7 Å². The van der Waals surface area contributed by atoms with Gasteiger partial charge in [0.1, 0.15) is 5.75 Å². The molecule has 3 nitrogen and oxygen atoms in total. The lowest BCUT2D eigenvalue weighted by atomic mass is 9.90. The molecule has 1 aromatic rings. The van der Waals surface area contributed by atoms with E-state index in [0.717, 1.165) is 18.5 Å². The Morgan fingerprint density at radius 1 is 1.35 bits per heavy atom. The molecule has 1 rings (SSSR count). The Hall–Kier alpha value is -1.06. The van der Waals surface area contributed by atoms with Crippen molar-refractivity contribution in [3.8, 4) is 5.75 Å². The fraction of sp³-hybridized carbons (Fsp3) is 0.571. The van der Waals surface area contributed by atoms with E-state index in [9.17, 15) is 5.11 Å². The summed E-state index contributed by atoms with van der Waals surface area (Å²) in [6, 6.07) is 7.46. The average Bonchev–Trinajstić information content (AvgIpc) is 2.28. The minimum absolute atomic E-state index is 0.150. The number of benzene rings is 1. The molecule has 1 aromatic carbocycles. The maximum atomic E-state index is 9.54. The van der Waals surface area contributed by atoms with Crippen molar-refractivity contribution < 1.29 is 9.84 Å². The van der Waals surface area contributed by atoms with Gasteiger partial charge in [-0.2, -0.15) is 0 Å². The maximum Gasteiger partial charge on any atom is 0.115 e. The first-order valence-electron chi connectivity index (χ1n) is 6.05. The Balaban J connectivity index is 2.88. The SMILES string of the molecule is CCC(c1cccc(O)c1)C(CN(C)C)OC. The molecule has 0 bridgehead atoms. The molecule has 0 radical (unpaired) electrons. The highest BCUT2D eigenvalue weighted by atomic mass is 16.5. The van der Waals surface area contributed by atoms with E-state index in [1.54, 1.807) is 13.2 Å². The normalized spacial score (nSPS) is 14.9. The summed E-state index contributed by atoms with van der Waals surface area (Å²) in [5, 5.41) is 9.54. The first-order valence-corrected chi connectivity index (χ1v) is 6.05. The number of likely N-dealkylation sites (N-methyl/N-ethyl adjacent to an activating group) is 1. The van der Waals surface area contributed by atoms with Crippen LogP contribution in [0.3, 0.4) is 0 Å². The molecule has 17 heavy (non-hydrogen) atoms. The van der Waals surface area contributed by atoms with Crippen LogP contribution < -0.4 is 0 Å². The van der Waals surface area contributed by atoms with Crippen LogP contribution in [0.1, 0.15) is 24.8 Å². The Bertz CT molecular complexity index is 339. The van der Waals surface area contributed by atoms with E-state index < -0.39 is 0 Å². The molecule has 1 N–H and O–H groups in total. The van der Waals surface area contributed by atoms with E-state index in [1.165, 1.54) is 0 Å². The zero-order valence-corrected chi connectivity index (χ0v) is 11.2. The van der Waals surface area contributed by atoms with E-state index in [2.05, 4.69) is 17.9 Å². The van der Waals surface area contributed by atoms with Gasteiger partial charge in [0.2, 0.25) is 0 Å². The summed E-state index contributed by atoms with van der Waals surface area (Å²) in [6.07, 6.45) is 1.15. The minimum atomic E-state index is 0.150. The summed E-state index contributed by atoms with van der Waals surface area (Å²) in [7, 11) is 5.84. The third kappa shape index (κ3) is 4.02. The summed E-state index contributed by atoms with van der Waals surface area (Å²) in [6.45, 7) is 3.03. The molecular weight excluding hydrogens is 214 g/mol. The highest BCUT2D eigenvalue weighted by molar-refractivity contribution is 5.30. The van der Waals surface area contributed by atoms with Gasteiger partial charge in [-0.15, -0.1) is 0 Å². The van der Waals surface area contributed by atoms with Crippen molar-refractivity contribution >= 4 is 0 Å². The van der Waals surface area contributed by atoms with Gasteiger partial charge in [0.05, 0.1) is 6.10 Å². The molecule has 0 saturated carbocycles. The molecule has 0 aliphatic rings. The first-order chi connectivity index (χ1) is 8.08. The molecule has 3 heteroatoms. The zero-order chi connectivity index (χ0) is 12.8. The fourth-order valence-corrected chi connectivity index (χ4v) is 2.19. The topological polar surface area (TPSA) is 32.7 Å². The number of aromatic hydroxyl groups is 1. The molecule has 0 heterocycles. The van der Waals surface area contributed by atoms with Crippen LogP contribution in [0.25, 0.3) is 0 Å². The van der Waals surface area contributed by atoms with Crippen molar-refractivity contribution in [3.05, 3.63) is 29.8 Å². The second kappa shape index (κ2) is 6.62. The van der Waals surface area contributed by atoms with E-state index in [0.29, 0.717) is 11.7 Å². The molecule has 0 aliphatic carbocycles. The van der Waals surface area contributed by atoms with Crippen molar-refractivity contribution in [2.24, 2.45) is 0 Å². The van der Waals surface area contributed by atoms with Gasteiger partial charge in [0.15, 0.2) is 0 Å². The molecule has 0 amide bonds. The number of rotatable bonds is 6. The largest absolute Gasteiger partial charge is 0.508 e. The lowest BCUT2D eigenvalue weighted by Gasteiger charge is -2.28. The molecule has 2 atom stereocenters. The number of phenolic OH excluding ortho intramolecular Hbond substituents is 1. The standard InChI is InChI=1S/C14H23NO2/c1-5-13(14(17-4)10-15(2)3)11-7-6-8-12(16)9-11/h6-9,13-14,16H,5,10H2,1-4H3. The van der Waals surface area contributed by atoms with E-state index in [-0.39, 0.29) is 6.10 Å². The van der Waals surface area contributed by atoms with E-state index >= 15 is 0 Å². The number of methoxy groups -OCH3 is 1. The smallest absolute Gasteiger partial charge is 0.115 e. The summed E-state index contributed by atoms with van der Waals surface area (Å²) in [5.74, 6) is 0.634. The number of phenols is 1. The van der Waals surface area contributed by atoms with E-state index in [4.69, 9.17) is 4.74 Å². The first kappa shape index (κ1) is 14.0. The third-order valence-electron chi connectivity index (χ3n) is 3.03. The third-order valence-corrected chi connectivity index (χ3v) is 3.03. The maximum absolute atomic E-state index is 9.54. The molecule has 96 valence electrons. The Morgan fingerprint density at radius 3 is 2.53 bits per heavy atom. The molecule has 2 unspecified atom stereocenters. The highest BCUT2D eigenvalue weighted by Crippen LogP contribution is 2.27. The van der Waals surface area contributed by atoms with Crippen LogP contribution in [0, 0.1) is 0 Å². The van der Waals surface area contributed by atoms with Gasteiger partial charge in [-0.25, -0.2) is 0 Å². The zero-order valence-electron chi connectivity index (χ0n) is 11.2. The molecular formula is C14H23NO2. The van der Waals surface area contributed by atoms with Gasteiger partial charge in [-0.3, -0.25) is 0 Å². The van der Waals surface area contributed by atoms with Gasteiger partial charge < -0.3 is 14.7 Å². The van der Waals surface area contributed by atoms with Crippen LogP contribution in [0.4, 0.5) is 0 Å². The Morgan fingerprint density at radius 2 is 2.06 bits per heavy atom. The van der Waals surface area contributed by atoms with Gasteiger partial charge in [-0.1, -0.05) is 19.1 Å². The lowest BCUT2D eigenvalue weighted by Crippen LogP contribution is -2.32. The van der Waals surface area contributed by atoms with Gasteiger partial charge in [0.25, 0.3) is 0 Å².